The Morgan fingerprint density at radius 2 is 1.89 bits per heavy atom. The van der Waals surface area contributed by atoms with Gasteiger partial charge in [-0.15, -0.1) is 11.3 Å². The van der Waals surface area contributed by atoms with Crippen LogP contribution >= 0.6 is 22.9 Å². The fraction of sp³-hybridized carbons (Fsp3) is 0.0667. The number of hydrazine groups is 1. The second-order valence-electron chi connectivity index (χ2n) is 4.34. The molecule has 1 unspecified atom stereocenters. The van der Waals surface area contributed by atoms with Crippen LogP contribution < -0.4 is 11.3 Å². The molecule has 1 heterocycles. The molecule has 0 bridgehead atoms. The number of nitrogens with one attached hydrogen (secondary N) is 1. The van der Waals surface area contributed by atoms with Crippen molar-refractivity contribution in [3.05, 3.63) is 70.1 Å². The fourth-order valence-electron chi connectivity index (χ4n) is 2.17. The third kappa shape index (κ3) is 2.51. The topological polar surface area (TPSA) is 38.0 Å². The first kappa shape index (κ1) is 12.6. The molecule has 0 saturated heterocycles. The van der Waals surface area contributed by atoms with Crippen molar-refractivity contribution >= 4 is 33.0 Å². The van der Waals surface area contributed by atoms with Gasteiger partial charge in [-0.25, -0.2) is 5.43 Å². The van der Waals surface area contributed by atoms with Gasteiger partial charge in [0, 0.05) is 14.6 Å². The third-order valence-electron chi connectivity index (χ3n) is 3.08. The van der Waals surface area contributed by atoms with Crippen LogP contribution in [0.4, 0.5) is 0 Å². The summed E-state index contributed by atoms with van der Waals surface area (Å²) in [6.07, 6.45) is 0. The number of fused-ring (bicyclic) bond motifs is 1. The molecule has 1 atom stereocenters. The summed E-state index contributed by atoms with van der Waals surface area (Å²) in [5.74, 6) is 5.72. The lowest BCUT2D eigenvalue weighted by Gasteiger charge is -2.14. The maximum atomic E-state index is 6.05. The van der Waals surface area contributed by atoms with Crippen LogP contribution in [0.25, 0.3) is 10.1 Å². The maximum Gasteiger partial charge on any atom is 0.0803 e. The minimum atomic E-state index is -0.0314. The van der Waals surface area contributed by atoms with Gasteiger partial charge in [0.25, 0.3) is 0 Å². The first-order chi connectivity index (χ1) is 9.28. The van der Waals surface area contributed by atoms with Crippen molar-refractivity contribution in [3.63, 3.8) is 0 Å². The van der Waals surface area contributed by atoms with E-state index in [-0.39, 0.29) is 6.04 Å². The van der Waals surface area contributed by atoms with Crippen molar-refractivity contribution in [3.8, 4) is 0 Å². The van der Waals surface area contributed by atoms with Crippen molar-refractivity contribution in [2.45, 2.75) is 6.04 Å². The molecule has 2 aromatic carbocycles. The van der Waals surface area contributed by atoms with Crippen LogP contribution in [0, 0.1) is 0 Å². The number of benzene rings is 2. The van der Waals surface area contributed by atoms with Gasteiger partial charge in [0.05, 0.1) is 6.04 Å². The van der Waals surface area contributed by atoms with E-state index in [4.69, 9.17) is 17.4 Å². The standard InChI is InChI=1S/C15H13ClN2S/c16-12-6-3-5-11(8-12)15(18-17)14-9-10-4-1-2-7-13(10)19-14/h1-9,15,18H,17H2. The zero-order chi connectivity index (χ0) is 13.2. The smallest absolute Gasteiger partial charge is 0.0803 e. The van der Waals surface area contributed by atoms with E-state index in [0.717, 1.165) is 10.6 Å². The Kier molecular flexibility index (Phi) is 3.53. The normalized spacial score (nSPS) is 12.7. The Morgan fingerprint density at radius 3 is 2.63 bits per heavy atom. The highest BCUT2D eigenvalue weighted by molar-refractivity contribution is 7.19. The quantitative estimate of drug-likeness (QED) is 0.562. The van der Waals surface area contributed by atoms with E-state index in [9.17, 15) is 0 Å². The van der Waals surface area contributed by atoms with E-state index in [2.05, 4.69) is 23.6 Å². The predicted molar refractivity (Wildman–Crippen MR) is 82.4 cm³/mol. The molecule has 0 aliphatic carbocycles. The highest BCUT2D eigenvalue weighted by Crippen LogP contribution is 2.33. The van der Waals surface area contributed by atoms with Gasteiger partial charge in [-0.1, -0.05) is 41.9 Å². The van der Waals surface area contributed by atoms with Crippen molar-refractivity contribution in [2.75, 3.05) is 0 Å². The lowest BCUT2D eigenvalue weighted by molar-refractivity contribution is 0.647. The molecular formula is C15H13ClN2S. The van der Waals surface area contributed by atoms with E-state index < -0.39 is 0 Å². The molecule has 3 rings (SSSR count). The molecule has 3 aromatic rings. The number of halogens is 1. The van der Waals surface area contributed by atoms with Crippen LogP contribution in [0.3, 0.4) is 0 Å². The zero-order valence-electron chi connectivity index (χ0n) is 10.1. The molecule has 0 saturated carbocycles. The van der Waals surface area contributed by atoms with Gasteiger partial charge in [0.1, 0.15) is 0 Å². The molecule has 19 heavy (non-hydrogen) atoms. The molecule has 0 amide bonds. The van der Waals surface area contributed by atoms with Crippen LogP contribution in [-0.4, -0.2) is 0 Å². The number of hydrogen-bond acceptors (Lipinski definition) is 3. The summed E-state index contributed by atoms with van der Waals surface area (Å²) in [6.45, 7) is 0. The van der Waals surface area contributed by atoms with Gasteiger partial charge < -0.3 is 0 Å². The molecule has 0 aliphatic rings. The van der Waals surface area contributed by atoms with E-state index in [0.29, 0.717) is 0 Å². The average Bonchev–Trinajstić information content (AvgIpc) is 2.83. The maximum absolute atomic E-state index is 6.05. The molecule has 1 aromatic heterocycles. The number of rotatable bonds is 3. The lowest BCUT2D eigenvalue weighted by Crippen LogP contribution is -2.28. The van der Waals surface area contributed by atoms with Gasteiger partial charge in [-0.3, -0.25) is 5.84 Å². The summed E-state index contributed by atoms with van der Waals surface area (Å²) in [5, 5.41) is 1.96. The number of thiophene rings is 1. The second-order valence-corrected chi connectivity index (χ2v) is 5.89. The second kappa shape index (κ2) is 5.31. The first-order valence-corrected chi connectivity index (χ1v) is 7.17. The summed E-state index contributed by atoms with van der Waals surface area (Å²) in [5.41, 5.74) is 3.95. The summed E-state index contributed by atoms with van der Waals surface area (Å²) >= 11 is 7.79. The Hall–Kier alpha value is -1.39. The fourth-order valence-corrected chi connectivity index (χ4v) is 3.53. The third-order valence-corrected chi connectivity index (χ3v) is 4.49. The molecule has 3 N–H and O–H groups in total. The molecule has 0 spiro atoms. The molecule has 0 radical (unpaired) electrons. The minimum absolute atomic E-state index is 0.0314. The Labute approximate surface area is 120 Å². The van der Waals surface area contributed by atoms with Gasteiger partial charge >= 0.3 is 0 Å². The van der Waals surface area contributed by atoms with E-state index in [1.165, 1.54) is 15.0 Å². The van der Waals surface area contributed by atoms with Crippen LogP contribution in [0.5, 0.6) is 0 Å². The Balaban J connectivity index is 2.06. The van der Waals surface area contributed by atoms with Gasteiger partial charge in [0.2, 0.25) is 0 Å². The molecular weight excluding hydrogens is 276 g/mol. The molecule has 0 aliphatic heterocycles. The zero-order valence-corrected chi connectivity index (χ0v) is 11.7. The first-order valence-electron chi connectivity index (χ1n) is 5.98. The highest BCUT2D eigenvalue weighted by Gasteiger charge is 2.15. The van der Waals surface area contributed by atoms with Crippen molar-refractivity contribution in [2.24, 2.45) is 5.84 Å². The predicted octanol–water partition coefficient (Wildman–Crippen LogP) is 4.11. The van der Waals surface area contributed by atoms with E-state index in [1.54, 1.807) is 11.3 Å². The minimum Gasteiger partial charge on any atom is -0.271 e. The van der Waals surface area contributed by atoms with Crippen LogP contribution in [0.1, 0.15) is 16.5 Å². The monoisotopic (exact) mass is 288 g/mol. The Bertz CT molecular complexity index is 675. The lowest BCUT2D eigenvalue weighted by atomic mass is 10.1. The van der Waals surface area contributed by atoms with Gasteiger partial charge in [0.15, 0.2) is 0 Å². The summed E-state index contributed by atoms with van der Waals surface area (Å²) in [6, 6.07) is 18.2. The van der Waals surface area contributed by atoms with Crippen molar-refractivity contribution < 1.29 is 0 Å². The Morgan fingerprint density at radius 1 is 1.05 bits per heavy atom. The van der Waals surface area contributed by atoms with Gasteiger partial charge in [-0.2, -0.15) is 0 Å². The number of hydrogen-bond donors (Lipinski definition) is 2. The van der Waals surface area contributed by atoms with E-state index >= 15 is 0 Å². The summed E-state index contributed by atoms with van der Waals surface area (Å²) in [7, 11) is 0. The van der Waals surface area contributed by atoms with Crippen LogP contribution in [0.2, 0.25) is 5.02 Å². The molecule has 0 fully saturated rings. The average molecular weight is 289 g/mol. The number of nitrogens with two attached hydrogens (primary N) is 1. The van der Waals surface area contributed by atoms with Gasteiger partial charge in [-0.05, 0) is 35.2 Å². The largest absolute Gasteiger partial charge is 0.271 e. The molecule has 4 heteroatoms. The van der Waals surface area contributed by atoms with E-state index in [1.807, 2.05) is 36.4 Å². The summed E-state index contributed by atoms with van der Waals surface area (Å²) in [4.78, 5) is 1.19. The van der Waals surface area contributed by atoms with Crippen molar-refractivity contribution in [1.82, 2.24) is 5.43 Å². The summed E-state index contributed by atoms with van der Waals surface area (Å²) < 4.78 is 1.26. The highest BCUT2D eigenvalue weighted by atomic mass is 35.5. The molecule has 96 valence electrons. The van der Waals surface area contributed by atoms with Crippen molar-refractivity contribution in [1.29, 1.82) is 0 Å². The molecule has 2 nitrogen and oxygen atoms in total. The van der Waals surface area contributed by atoms with Crippen LogP contribution in [-0.2, 0) is 0 Å². The SMILES string of the molecule is NNC(c1cccc(Cl)c1)c1cc2ccccc2s1. The van der Waals surface area contributed by atoms with Crippen LogP contribution in [0.15, 0.2) is 54.6 Å².